The summed E-state index contributed by atoms with van der Waals surface area (Å²) in [7, 11) is 0.915. The van der Waals surface area contributed by atoms with Crippen molar-refractivity contribution in [3.05, 3.63) is 11.3 Å². The minimum Gasteiger partial charge on any atom is -0.505 e. The molecule has 0 saturated heterocycles. The van der Waals surface area contributed by atoms with Gasteiger partial charge in [0.2, 0.25) is 0 Å². The van der Waals surface area contributed by atoms with Gasteiger partial charge in [0.05, 0.1) is 7.11 Å². The average molecular weight is 177 g/mol. The first-order chi connectivity index (χ1) is 5.54. The van der Waals surface area contributed by atoms with E-state index in [2.05, 4.69) is 4.74 Å². The Morgan fingerprint density at radius 3 is 2.42 bits per heavy atom. The van der Waals surface area contributed by atoms with Crippen molar-refractivity contribution in [2.24, 2.45) is 0 Å². The normalized spacial score (nSPS) is 11.9. The van der Waals surface area contributed by atoms with Gasteiger partial charge in [-0.1, -0.05) is 0 Å². The first kappa shape index (κ1) is 10.4. The molecule has 0 bridgehead atoms. The van der Waals surface area contributed by atoms with Gasteiger partial charge in [0.1, 0.15) is 6.07 Å². The Morgan fingerprint density at radius 2 is 2.17 bits per heavy atom. The van der Waals surface area contributed by atoms with Gasteiger partial charge in [-0.2, -0.15) is 5.26 Å². The molecule has 0 saturated carbocycles. The van der Waals surface area contributed by atoms with Gasteiger partial charge in [-0.3, -0.25) is 0 Å². The van der Waals surface area contributed by atoms with Crippen LogP contribution in [0, 0.1) is 11.3 Å². The zero-order valence-electron chi connectivity index (χ0n) is 6.04. The number of hydrogen-bond acceptors (Lipinski definition) is 4. The number of hydrogen-bond donors (Lipinski definition) is 1. The third-order valence-electron chi connectivity index (χ3n) is 0.964. The molecule has 0 aliphatic rings. The number of alkyl halides is 2. The van der Waals surface area contributed by atoms with Crippen molar-refractivity contribution in [2.45, 2.75) is 6.43 Å². The van der Waals surface area contributed by atoms with E-state index in [0.29, 0.717) is 0 Å². The van der Waals surface area contributed by atoms with E-state index in [4.69, 9.17) is 10.4 Å². The molecule has 0 heterocycles. The van der Waals surface area contributed by atoms with E-state index in [-0.39, 0.29) is 0 Å². The van der Waals surface area contributed by atoms with E-state index in [1.54, 1.807) is 0 Å². The number of allylic oxidation sites excluding steroid dienone is 1. The van der Waals surface area contributed by atoms with Gasteiger partial charge in [0.15, 0.2) is 11.3 Å². The second-order valence-corrected chi connectivity index (χ2v) is 1.66. The number of halogens is 2. The monoisotopic (exact) mass is 177 g/mol. The maximum absolute atomic E-state index is 11.7. The largest absolute Gasteiger partial charge is 0.505 e. The topological polar surface area (TPSA) is 70.3 Å². The van der Waals surface area contributed by atoms with E-state index in [9.17, 15) is 13.6 Å². The summed E-state index contributed by atoms with van der Waals surface area (Å²) < 4.78 is 27.4. The van der Waals surface area contributed by atoms with Gasteiger partial charge in [-0.25, -0.2) is 13.6 Å². The molecule has 0 aromatic rings. The Morgan fingerprint density at radius 1 is 1.67 bits per heavy atom. The molecule has 6 heteroatoms. The predicted molar refractivity (Wildman–Crippen MR) is 33.3 cm³/mol. The van der Waals surface area contributed by atoms with Crippen molar-refractivity contribution < 1.29 is 23.4 Å². The molecule has 0 amide bonds. The van der Waals surface area contributed by atoms with Crippen LogP contribution in [0.4, 0.5) is 8.78 Å². The summed E-state index contributed by atoms with van der Waals surface area (Å²) in [6, 6.07) is 1.11. The maximum atomic E-state index is 11.7. The van der Waals surface area contributed by atoms with Crippen molar-refractivity contribution in [3.8, 4) is 6.07 Å². The molecule has 1 N–H and O–H groups in total. The van der Waals surface area contributed by atoms with Gasteiger partial charge in [-0.15, -0.1) is 0 Å². The summed E-state index contributed by atoms with van der Waals surface area (Å²) in [6.07, 6.45) is -3.25. The zero-order chi connectivity index (χ0) is 9.72. The van der Waals surface area contributed by atoms with Gasteiger partial charge in [0.25, 0.3) is 6.43 Å². The Hall–Kier alpha value is -1.64. The fourth-order valence-corrected chi connectivity index (χ4v) is 0.419. The molecule has 4 nitrogen and oxygen atoms in total. The van der Waals surface area contributed by atoms with Crippen LogP contribution in [0.15, 0.2) is 11.3 Å². The average Bonchev–Trinajstić information content (AvgIpc) is 2.05. The SMILES string of the molecule is COC(=O)/C(C#N)=C(\O)C(F)F. The highest BCUT2D eigenvalue weighted by Crippen LogP contribution is 2.11. The lowest BCUT2D eigenvalue weighted by atomic mass is 10.2. The molecule has 0 aromatic heterocycles. The van der Waals surface area contributed by atoms with Gasteiger partial charge in [0, 0.05) is 0 Å². The van der Waals surface area contributed by atoms with Crippen molar-refractivity contribution in [2.75, 3.05) is 7.11 Å². The van der Waals surface area contributed by atoms with E-state index >= 15 is 0 Å². The fraction of sp³-hybridized carbons (Fsp3) is 0.333. The molecular formula is C6H5F2NO3. The van der Waals surface area contributed by atoms with E-state index in [1.165, 1.54) is 0 Å². The highest BCUT2D eigenvalue weighted by Gasteiger charge is 2.21. The maximum Gasteiger partial charge on any atom is 0.352 e. The highest BCUT2D eigenvalue weighted by molar-refractivity contribution is 5.93. The quantitative estimate of drug-likeness (QED) is 0.292. The molecule has 66 valence electrons. The first-order valence-corrected chi connectivity index (χ1v) is 2.74. The van der Waals surface area contributed by atoms with Crippen LogP contribution < -0.4 is 0 Å². The fourth-order valence-electron chi connectivity index (χ4n) is 0.419. The Labute approximate surface area is 66.7 Å². The minimum atomic E-state index is -3.25. The summed E-state index contributed by atoms with van der Waals surface area (Å²) >= 11 is 0. The molecule has 0 radical (unpaired) electrons. The number of ether oxygens (including phenoxy) is 1. The molecule has 0 aliphatic carbocycles. The molecule has 0 aliphatic heterocycles. The molecule has 0 rings (SSSR count). The second kappa shape index (κ2) is 4.28. The van der Waals surface area contributed by atoms with Crippen LogP contribution >= 0.6 is 0 Å². The van der Waals surface area contributed by atoms with E-state index in [1.807, 2.05) is 0 Å². The minimum absolute atomic E-state index is 0.915. The molecule has 0 atom stereocenters. The van der Waals surface area contributed by atoms with Crippen LogP contribution in [0.5, 0.6) is 0 Å². The van der Waals surface area contributed by atoms with Crippen molar-refractivity contribution >= 4 is 5.97 Å². The van der Waals surface area contributed by atoms with Crippen LogP contribution in [0.3, 0.4) is 0 Å². The lowest BCUT2D eigenvalue weighted by molar-refractivity contribution is -0.136. The Balaban J connectivity index is 4.90. The number of nitrogens with zero attached hydrogens (tertiary/aromatic N) is 1. The predicted octanol–water partition coefficient (Wildman–Crippen LogP) is 0.760. The summed E-state index contributed by atoms with van der Waals surface area (Å²) in [6.45, 7) is 0. The number of aliphatic hydroxyl groups is 1. The number of nitriles is 1. The van der Waals surface area contributed by atoms with Crippen LogP contribution in [-0.2, 0) is 9.53 Å². The zero-order valence-corrected chi connectivity index (χ0v) is 6.04. The van der Waals surface area contributed by atoms with Crippen LogP contribution in [-0.4, -0.2) is 24.6 Å². The third-order valence-corrected chi connectivity index (χ3v) is 0.964. The van der Waals surface area contributed by atoms with Gasteiger partial charge < -0.3 is 9.84 Å². The molecule has 0 aromatic carbocycles. The van der Waals surface area contributed by atoms with Crippen molar-refractivity contribution in [3.63, 3.8) is 0 Å². The summed E-state index contributed by atoms with van der Waals surface area (Å²) in [4.78, 5) is 10.5. The van der Waals surface area contributed by atoms with Crippen LogP contribution in [0.25, 0.3) is 0 Å². The molecule has 0 fully saturated rings. The summed E-state index contributed by atoms with van der Waals surface area (Å²) in [5.74, 6) is -2.85. The van der Waals surface area contributed by atoms with Crippen LogP contribution in [0.1, 0.15) is 0 Å². The van der Waals surface area contributed by atoms with Crippen molar-refractivity contribution in [1.82, 2.24) is 0 Å². The van der Waals surface area contributed by atoms with E-state index < -0.39 is 23.7 Å². The third kappa shape index (κ3) is 2.20. The number of aliphatic hydroxyl groups excluding tert-OH is 1. The molecule has 0 unspecified atom stereocenters. The van der Waals surface area contributed by atoms with Gasteiger partial charge in [-0.05, 0) is 0 Å². The van der Waals surface area contributed by atoms with Crippen LogP contribution in [0.2, 0.25) is 0 Å². The molecule has 0 spiro atoms. The van der Waals surface area contributed by atoms with Crippen molar-refractivity contribution in [1.29, 1.82) is 5.26 Å². The Bertz CT molecular complexity index is 254. The second-order valence-electron chi connectivity index (χ2n) is 1.66. The smallest absolute Gasteiger partial charge is 0.352 e. The molecule has 12 heavy (non-hydrogen) atoms. The number of methoxy groups -OCH3 is 1. The van der Waals surface area contributed by atoms with E-state index in [0.717, 1.165) is 13.2 Å². The summed E-state index contributed by atoms with van der Waals surface area (Å²) in [5, 5.41) is 16.6. The number of carbonyl (C=O) groups is 1. The Kier molecular flexibility index (Phi) is 3.70. The number of carbonyl (C=O) groups excluding carboxylic acids is 1. The number of esters is 1. The number of rotatable bonds is 2. The first-order valence-electron chi connectivity index (χ1n) is 2.74. The lowest BCUT2D eigenvalue weighted by Crippen LogP contribution is -2.10. The summed E-state index contributed by atoms with van der Waals surface area (Å²) in [5.41, 5.74) is -1.08. The van der Waals surface area contributed by atoms with Gasteiger partial charge >= 0.3 is 5.97 Å². The molecular weight excluding hydrogens is 172 g/mol. The standard InChI is InChI=1S/C6H5F2NO3/c1-12-6(11)3(2-9)4(10)5(7)8/h5,10H,1H3/b4-3-. The highest BCUT2D eigenvalue weighted by atomic mass is 19.3. The lowest BCUT2D eigenvalue weighted by Gasteiger charge is -2.00.